The Kier molecular flexibility index (Phi) is 12.7. The fourth-order valence-electron chi connectivity index (χ4n) is 3.40. The first-order valence-corrected chi connectivity index (χ1v) is 11.6. The van der Waals surface area contributed by atoms with Gasteiger partial charge in [-0.3, -0.25) is 9.59 Å². The van der Waals surface area contributed by atoms with Crippen LogP contribution >= 0.6 is 11.6 Å². The van der Waals surface area contributed by atoms with Gasteiger partial charge in [0.15, 0.2) is 17.0 Å². The Morgan fingerprint density at radius 1 is 0.900 bits per heavy atom. The first kappa shape index (κ1) is 26.4. The van der Waals surface area contributed by atoms with E-state index < -0.39 is 23.2 Å². The highest BCUT2D eigenvalue weighted by Crippen LogP contribution is 2.34. The van der Waals surface area contributed by atoms with Crippen LogP contribution in [-0.2, 0) is 14.3 Å². The van der Waals surface area contributed by atoms with Crippen LogP contribution in [0.15, 0.2) is 18.2 Å². The zero-order valence-corrected chi connectivity index (χ0v) is 19.4. The van der Waals surface area contributed by atoms with E-state index in [9.17, 15) is 14.0 Å². The Morgan fingerprint density at radius 2 is 1.47 bits per heavy atom. The van der Waals surface area contributed by atoms with E-state index in [0.29, 0.717) is 0 Å². The number of ether oxygens (including phenoxy) is 2. The second-order valence-corrected chi connectivity index (χ2v) is 8.10. The molecule has 0 aromatic heterocycles. The van der Waals surface area contributed by atoms with E-state index in [4.69, 9.17) is 21.1 Å². The van der Waals surface area contributed by atoms with Crippen LogP contribution in [0, 0.1) is 11.2 Å². The summed E-state index contributed by atoms with van der Waals surface area (Å²) in [4.78, 5) is 25.5. The van der Waals surface area contributed by atoms with E-state index in [-0.39, 0.29) is 30.2 Å². The largest absolute Gasteiger partial charge is 0.465 e. The summed E-state index contributed by atoms with van der Waals surface area (Å²) in [7, 11) is 0. The van der Waals surface area contributed by atoms with Gasteiger partial charge in [0.25, 0.3) is 0 Å². The first-order valence-electron chi connectivity index (χ1n) is 11.3. The summed E-state index contributed by atoms with van der Waals surface area (Å²) >= 11 is 5.94. The molecule has 1 aromatic rings. The zero-order chi connectivity index (χ0) is 22.4. The SMILES string of the molecule is CCCCCCCCCCCOC(=O)C(CC)(CC)C(=O)Oc1c(F)cccc1Cl. The van der Waals surface area contributed by atoms with Crippen molar-refractivity contribution in [3.8, 4) is 5.75 Å². The molecule has 30 heavy (non-hydrogen) atoms. The van der Waals surface area contributed by atoms with Crippen molar-refractivity contribution in [1.29, 1.82) is 0 Å². The van der Waals surface area contributed by atoms with Gasteiger partial charge in [-0.1, -0.05) is 89.8 Å². The van der Waals surface area contributed by atoms with Crippen molar-refractivity contribution in [2.75, 3.05) is 6.61 Å². The van der Waals surface area contributed by atoms with Crippen molar-refractivity contribution < 1.29 is 23.5 Å². The first-order chi connectivity index (χ1) is 14.4. The number of hydrogen-bond acceptors (Lipinski definition) is 4. The fraction of sp³-hybridized carbons (Fsp3) is 0.667. The number of rotatable bonds is 15. The molecule has 0 fully saturated rings. The standard InChI is InChI=1S/C24H36ClFO4/c1-4-7-8-9-10-11-12-13-14-18-29-22(27)24(5-2,6-3)23(28)30-21-19(25)16-15-17-20(21)26/h15-17H,4-14,18H2,1-3H3. The van der Waals surface area contributed by atoms with Crippen molar-refractivity contribution in [2.24, 2.45) is 5.41 Å². The Balaban J connectivity index is 2.50. The summed E-state index contributed by atoms with van der Waals surface area (Å²) in [5.41, 5.74) is -1.47. The quantitative estimate of drug-likeness (QED) is 0.124. The van der Waals surface area contributed by atoms with E-state index in [2.05, 4.69) is 6.92 Å². The van der Waals surface area contributed by atoms with E-state index in [1.807, 2.05) is 0 Å². The van der Waals surface area contributed by atoms with Crippen molar-refractivity contribution in [2.45, 2.75) is 91.4 Å². The van der Waals surface area contributed by atoms with Gasteiger partial charge in [-0.25, -0.2) is 4.39 Å². The number of carbonyl (C=O) groups excluding carboxylic acids is 2. The molecule has 0 heterocycles. The molecule has 6 heteroatoms. The monoisotopic (exact) mass is 442 g/mol. The van der Waals surface area contributed by atoms with E-state index in [1.165, 1.54) is 50.7 Å². The maximum absolute atomic E-state index is 14.0. The van der Waals surface area contributed by atoms with Crippen LogP contribution in [0.5, 0.6) is 5.75 Å². The normalized spacial score (nSPS) is 11.4. The van der Waals surface area contributed by atoms with E-state index in [1.54, 1.807) is 13.8 Å². The number of halogens is 2. The van der Waals surface area contributed by atoms with Gasteiger partial charge in [-0.2, -0.15) is 0 Å². The Bertz CT molecular complexity index is 638. The molecule has 0 bridgehead atoms. The molecule has 0 amide bonds. The number of carbonyl (C=O) groups is 2. The predicted molar refractivity (Wildman–Crippen MR) is 118 cm³/mol. The number of hydrogen-bond donors (Lipinski definition) is 0. The number of benzene rings is 1. The smallest absolute Gasteiger partial charge is 0.329 e. The third kappa shape index (κ3) is 7.90. The molecule has 0 aliphatic carbocycles. The lowest BCUT2D eigenvalue weighted by Crippen LogP contribution is -2.42. The summed E-state index contributed by atoms with van der Waals surface area (Å²) in [5, 5.41) is -0.0208. The molecule has 0 unspecified atom stereocenters. The van der Waals surface area contributed by atoms with Crippen LogP contribution in [0.4, 0.5) is 4.39 Å². The summed E-state index contributed by atoms with van der Waals surface area (Å²) < 4.78 is 24.6. The average Bonchev–Trinajstić information content (AvgIpc) is 2.73. The van der Waals surface area contributed by atoms with Gasteiger partial charge in [0.1, 0.15) is 0 Å². The van der Waals surface area contributed by atoms with Crippen LogP contribution in [0.3, 0.4) is 0 Å². The van der Waals surface area contributed by atoms with Crippen LogP contribution in [0.2, 0.25) is 5.02 Å². The minimum atomic E-state index is -1.47. The Hall–Kier alpha value is -1.62. The highest BCUT2D eigenvalue weighted by molar-refractivity contribution is 6.32. The molecule has 1 rings (SSSR count). The van der Waals surface area contributed by atoms with Crippen molar-refractivity contribution in [1.82, 2.24) is 0 Å². The summed E-state index contributed by atoms with van der Waals surface area (Å²) in [5.74, 6) is -2.57. The third-order valence-corrected chi connectivity index (χ3v) is 5.88. The van der Waals surface area contributed by atoms with Crippen LogP contribution < -0.4 is 4.74 Å². The number of unbranched alkanes of at least 4 members (excludes halogenated alkanes) is 8. The molecule has 0 atom stereocenters. The topological polar surface area (TPSA) is 52.6 Å². The lowest BCUT2D eigenvalue weighted by atomic mass is 9.82. The zero-order valence-electron chi connectivity index (χ0n) is 18.6. The number of para-hydroxylation sites is 1. The summed E-state index contributed by atoms with van der Waals surface area (Å²) in [6.45, 7) is 5.91. The molecule has 0 saturated carbocycles. The van der Waals surface area contributed by atoms with Crippen LogP contribution in [-0.4, -0.2) is 18.5 Å². The predicted octanol–water partition coefficient (Wildman–Crippen LogP) is 7.26. The van der Waals surface area contributed by atoms with Crippen molar-refractivity contribution in [3.05, 3.63) is 29.0 Å². The Labute approximate surface area is 185 Å². The number of esters is 2. The van der Waals surface area contributed by atoms with Gasteiger partial charge in [-0.15, -0.1) is 0 Å². The molecule has 0 spiro atoms. The van der Waals surface area contributed by atoms with Crippen LogP contribution in [0.1, 0.15) is 91.4 Å². The molecule has 1 aromatic carbocycles. The molecule has 0 radical (unpaired) electrons. The highest BCUT2D eigenvalue weighted by atomic mass is 35.5. The molecular weight excluding hydrogens is 407 g/mol. The summed E-state index contributed by atoms with van der Waals surface area (Å²) in [6, 6.07) is 3.99. The van der Waals surface area contributed by atoms with Gasteiger partial charge in [0.05, 0.1) is 11.6 Å². The molecule has 0 aliphatic heterocycles. The fourth-order valence-corrected chi connectivity index (χ4v) is 3.60. The minimum absolute atomic E-state index is 0.0208. The summed E-state index contributed by atoms with van der Waals surface area (Å²) in [6.07, 6.45) is 10.9. The van der Waals surface area contributed by atoms with Gasteiger partial charge < -0.3 is 9.47 Å². The van der Waals surface area contributed by atoms with Crippen LogP contribution in [0.25, 0.3) is 0 Å². The van der Waals surface area contributed by atoms with Crippen molar-refractivity contribution >= 4 is 23.5 Å². The van der Waals surface area contributed by atoms with Gasteiger partial charge in [0.2, 0.25) is 0 Å². The maximum atomic E-state index is 14.0. The van der Waals surface area contributed by atoms with Crippen molar-refractivity contribution in [3.63, 3.8) is 0 Å². The maximum Gasteiger partial charge on any atom is 0.329 e. The lowest BCUT2D eigenvalue weighted by Gasteiger charge is -2.27. The molecule has 0 saturated heterocycles. The Morgan fingerprint density at radius 3 is 2.00 bits per heavy atom. The molecule has 4 nitrogen and oxygen atoms in total. The van der Waals surface area contributed by atoms with Gasteiger partial charge in [0, 0.05) is 0 Å². The molecule has 0 N–H and O–H groups in total. The lowest BCUT2D eigenvalue weighted by molar-refractivity contribution is -0.168. The second-order valence-electron chi connectivity index (χ2n) is 7.69. The second kappa shape index (κ2) is 14.4. The average molecular weight is 443 g/mol. The molecule has 170 valence electrons. The third-order valence-electron chi connectivity index (χ3n) is 5.58. The minimum Gasteiger partial charge on any atom is -0.465 e. The highest BCUT2D eigenvalue weighted by Gasteiger charge is 2.46. The van der Waals surface area contributed by atoms with Gasteiger partial charge >= 0.3 is 11.9 Å². The van der Waals surface area contributed by atoms with Gasteiger partial charge in [-0.05, 0) is 31.4 Å². The molecule has 0 aliphatic rings. The van der Waals surface area contributed by atoms with E-state index >= 15 is 0 Å². The molecular formula is C24H36ClFO4. The van der Waals surface area contributed by atoms with E-state index in [0.717, 1.165) is 25.3 Å².